The van der Waals surface area contributed by atoms with Crippen molar-refractivity contribution in [3.63, 3.8) is 0 Å². The Bertz CT molecular complexity index is 622. The quantitative estimate of drug-likeness (QED) is 0.882. The van der Waals surface area contributed by atoms with Crippen LogP contribution < -0.4 is 5.32 Å². The van der Waals surface area contributed by atoms with Crippen molar-refractivity contribution in [3.05, 3.63) is 30.2 Å². The number of hydrogen-bond acceptors (Lipinski definition) is 5. The molecule has 1 aromatic carbocycles. The minimum atomic E-state index is -0.645. The molecule has 1 aromatic heterocycles. The molecule has 0 bridgehead atoms. The molecule has 0 saturated carbocycles. The molecule has 2 N–H and O–H groups in total. The van der Waals surface area contributed by atoms with Crippen molar-refractivity contribution in [1.82, 2.24) is 10.1 Å². The standard InChI is InChI=1S/C15H19N3O3/c1-9(2)13(19)8-14(20)17-12-6-4-5-11(7-12)15-16-10(3)21-18-15/h4-7,9,13,19H,8H2,1-3H3,(H,17,20). The number of aromatic nitrogens is 2. The van der Waals surface area contributed by atoms with Crippen molar-refractivity contribution in [2.24, 2.45) is 5.92 Å². The first-order valence-electron chi connectivity index (χ1n) is 6.84. The van der Waals surface area contributed by atoms with Crippen LogP contribution in [0.2, 0.25) is 0 Å². The second kappa shape index (κ2) is 6.49. The molecule has 0 fully saturated rings. The topological polar surface area (TPSA) is 88.2 Å². The van der Waals surface area contributed by atoms with Crippen LogP contribution in [0.1, 0.15) is 26.2 Å². The molecule has 0 radical (unpaired) electrons. The maximum atomic E-state index is 11.9. The molecule has 6 nitrogen and oxygen atoms in total. The van der Waals surface area contributed by atoms with Crippen molar-refractivity contribution >= 4 is 11.6 Å². The van der Waals surface area contributed by atoms with Crippen LogP contribution in [0, 0.1) is 12.8 Å². The summed E-state index contributed by atoms with van der Waals surface area (Å²) in [5.74, 6) is 0.785. The van der Waals surface area contributed by atoms with E-state index < -0.39 is 6.10 Å². The van der Waals surface area contributed by atoms with Crippen LogP contribution in [-0.4, -0.2) is 27.3 Å². The largest absolute Gasteiger partial charge is 0.392 e. The number of carbonyl (C=O) groups excluding carboxylic acids is 1. The summed E-state index contributed by atoms with van der Waals surface area (Å²) in [6.07, 6.45) is -0.573. The van der Waals surface area contributed by atoms with Crippen LogP contribution >= 0.6 is 0 Å². The number of rotatable bonds is 5. The van der Waals surface area contributed by atoms with Gasteiger partial charge in [0.1, 0.15) is 0 Å². The molecule has 0 saturated heterocycles. The van der Waals surface area contributed by atoms with E-state index in [0.29, 0.717) is 17.4 Å². The lowest BCUT2D eigenvalue weighted by molar-refractivity contribution is -0.118. The molecule has 1 atom stereocenters. The smallest absolute Gasteiger partial charge is 0.226 e. The normalized spacial score (nSPS) is 12.4. The third-order valence-corrected chi connectivity index (χ3v) is 3.10. The highest BCUT2D eigenvalue weighted by atomic mass is 16.5. The first kappa shape index (κ1) is 15.2. The third-order valence-electron chi connectivity index (χ3n) is 3.10. The van der Waals surface area contributed by atoms with Gasteiger partial charge in [0.25, 0.3) is 0 Å². The second-order valence-corrected chi connectivity index (χ2v) is 5.28. The lowest BCUT2D eigenvalue weighted by atomic mass is 10.0. The van der Waals surface area contributed by atoms with E-state index in [0.717, 1.165) is 5.56 Å². The van der Waals surface area contributed by atoms with Gasteiger partial charge in [-0.05, 0) is 18.1 Å². The number of amides is 1. The molecule has 0 aliphatic heterocycles. The number of nitrogens with one attached hydrogen (secondary N) is 1. The lowest BCUT2D eigenvalue weighted by Gasteiger charge is -2.14. The second-order valence-electron chi connectivity index (χ2n) is 5.28. The summed E-state index contributed by atoms with van der Waals surface area (Å²) >= 11 is 0. The highest BCUT2D eigenvalue weighted by Gasteiger charge is 2.14. The van der Waals surface area contributed by atoms with E-state index in [2.05, 4.69) is 15.5 Å². The third kappa shape index (κ3) is 4.13. The van der Waals surface area contributed by atoms with Crippen molar-refractivity contribution in [3.8, 4) is 11.4 Å². The van der Waals surface area contributed by atoms with Gasteiger partial charge in [-0.2, -0.15) is 4.98 Å². The van der Waals surface area contributed by atoms with E-state index in [4.69, 9.17) is 4.52 Å². The van der Waals surface area contributed by atoms with E-state index in [1.54, 1.807) is 25.1 Å². The average Bonchev–Trinajstić information content (AvgIpc) is 2.85. The number of carbonyl (C=O) groups is 1. The molecule has 112 valence electrons. The predicted octanol–water partition coefficient (Wildman–Crippen LogP) is 2.39. The number of aryl methyl sites for hydroxylation is 1. The summed E-state index contributed by atoms with van der Waals surface area (Å²) in [7, 11) is 0. The number of anilines is 1. The Morgan fingerprint density at radius 3 is 2.81 bits per heavy atom. The van der Waals surface area contributed by atoms with E-state index in [-0.39, 0.29) is 18.2 Å². The Hall–Kier alpha value is -2.21. The molecule has 2 aromatic rings. The molecule has 0 spiro atoms. The zero-order valence-electron chi connectivity index (χ0n) is 12.3. The van der Waals surface area contributed by atoms with Gasteiger partial charge >= 0.3 is 0 Å². The number of nitrogens with zero attached hydrogens (tertiary/aromatic N) is 2. The number of hydrogen-bond donors (Lipinski definition) is 2. The summed E-state index contributed by atoms with van der Waals surface area (Å²) in [6, 6.07) is 7.18. The van der Waals surface area contributed by atoms with Gasteiger partial charge in [-0.15, -0.1) is 0 Å². The minimum absolute atomic E-state index is 0.0457. The Morgan fingerprint density at radius 2 is 2.19 bits per heavy atom. The molecule has 1 heterocycles. The number of aliphatic hydroxyl groups excluding tert-OH is 1. The van der Waals surface area contributed by atoms with Crippen LogP contribution in [0.15, 0.2) is 28.8 Å². The van der Waals surface area contributed by atoms with Gasteiger partial charge in [-0.3, -0.25) is 4.79 Å². The maximum absolute atomic E-state index is 11.9. The first-order valence-corrected chi connectivity index (χ1v) is 6.84. The lowest BCUT2D eigenvalue weighted by Crippen LogP contribution is -2.23. The van der Waals surface area contributed by atoms with Gasteiger partial charge < -0.3 is 14.9 Å². The van der Waals surface area contributed by atoms with Gasteiger partial charge in [0.15, 0.2) is 0 Å². The first-order chi connectivity index (χ1) is 9.95. The summed E-state index contributed by atoms with van der Waals surface area (Å²) in [4.78, 5) is 16.0. The van der Waals surface area contributed by atoms with Gasteiger partial charge in [0.05, 0.1) is 12.5 Å². The summed E-state index contributed by atoms with van der Waals surface area (Å²) in [6.45, 7) is 5.46. The molecule has 0 aliphatic carbocycles. The fraction of sp³-hybridized carbons (Fsp3) is 0.400. The van der Waals surface area contributed by atoms with E-state index in [9.17, 15) is 9.90 Å². The van der Waals surface area contributed by atoms with Crippen LogP contribution in [0.4, 0.5) is 5.69 Å². The summed E-state index contributed by atoms with van der Waals surface area (Å²) in [5, 5.41) is 16.3. The van der Waals surface area contributed by atoms with Crippen molar-refractivity contribution in [2.45, 2.75) is 33.3 Å². The molecule has 6 heteroatoms. The van der Waals surface area contributed by atoms with Gasteiger partial charge in [0, 0.05) is 18.2 Å². The highest BCUT2D eigenvalue weighted by molar-refractivity contribution is 5.91. The van der Waals surface area contributed by atoms with Gasteiger partial charge in [-0.1, -0.05) is 31.1 Å². The van der Waals surface area contributed by atoms with Crippen LogP contribution in [0.5, 0.6) is 0 Å². The molecule has 2 rings (SSSR count). The monoisotopic (exact) mass is 289 g/mol. The summed E-state index contributed by atoms with van der Waals surface area (Å²) in [5.41, 5.74) is 1.39. The molecular formula is C15H19N3O3. The fourth-order valence-corrected chi connectivity index (χ4v) is 1.79. The Labute approximate surface area is 123 Å². The van der Waals surface area contributed by atoms with Gasteiger partial charge in [-0.25, -0.2) is 0 Å². The Balaban J connectivity index is 2.06. The molecular weight excluding hydrogens is 270 g/mol. The zero-order valence-corrected chi connectivity index (χ0v) is 12.3. The van der Waals surface area contributed by atoms with E-state index in [1.165, 1.54) is 0 Å². The molecule has 0 aliphatic rings. The Morgan fingerprint density at radius 1 is 1.43 bits per heavy atom. The SMILES string of the molecule is Cc1nc(-c2cccc(NC(=O)CC(O)C(C)C)c2)no1. The number of benzene rings is 1. The summed E-state index contributed by atoms with van der Waals surface area (Å²) < 4.78 is 4.94. The molecule has 1 unspecified atom stereocenters. The van der Waals surface area contributed by atoms with Crippen LogP contribution in [0.3, 0.4) is 0 Å². The number of aliphatic hydroxyl groups is 1. The van der Waals surface area contributed by atoms with Gasteiger partial charge in [0.2, 0.25) is 17.6 Å². The average molecular weight is 289 g/mol. The van der Waals surface area contributed by atoms with Crippen LogP contribution in [-0.2, 0) is 4.79 Å². The molecule has 21 heavy (non-hydrogen) atoms. The zero-order chi connectivity index (χ0) is 15.4. The van der Waals surface area contributed by atoms with Crippen LogP contribution in [0.25, 0.3) is 11.4 Å². The fourth-order valence-electron chi connectivity index (χ4n) is 1.79. The van der Waals surface area contributed by atoms with Crippen molar-refractivity contribution in [2.75, 3.05) is 5.32 Å². The van der Waals surface area contributed by atoms with Crippen molar-refractivity contribution < 1.29 is 14.4 Å². The van der Waals surface area contributed by atoms with E-state index in [1.807, 2.05) is 19.9 Å². The maximum Gasteiger partial charge on any atom is 0.226 e. The Kier molecular flexibility index (Phi) is 4.70. The minimum Gasteiger partial charge on any atom is -0.392 e. The van der Waals surface area contributed by atoms with Crippen molar-refractivity contribution in [1.29, 1.82) is 0 Å². The predicted molar refractivity (Wildman–Crippen MR) is 78.6 cm³/mol. The molecule has 1 amide bonds. The highest BCUT2D eigenvalue weighted by Crippen LogP contribution is 2.20. The van der Waals surface area contributed by atoms with E-state index >= 15 is 0 Å².